The standard InChI is InChI=1S/C17H16F2INO/c1-9-2-5-13-17-14(9)16(20)10-3-4-12(18)15(19)11(10)8-21(17)6-7-22-13/h3-5,9,16H,2,6-8H2,1H3. The second-order valence-corrected chi connectivity index (χ2v) is 7.32. The zero-order chi connectivity index (χ0) is 15.4. The quantitative estimate of drug-likeness (QED) is 0.458. The maximum absolute atomic E-state index is 14.4. The summed E-state index contributed by atoms with van der Waals surface area (Å²) in [5.41, 5.74) is 3.76. The molecular formula is C17H16F2INO. The number of morpholine rings is 1. The van der Waals surface area contributed by atoms with Gasteiger partial charge in [0.1, 0.15) is 12.4 Å². The molecule has 4 rings (SSSR count). The van der Waals surface area contributed by atoms with Gasteiger partial charge in [-0.1, -0.05) is 35.6 Å². The Balaban J connectivity index is 1.94. The van der Waals surface area contributed by atoms with Crippen LogP contribution in [0.15, 0.2) is 35.2 Å². The molecule has 3 aliphatic rings. The molecule has 2 aliphatic heterocycles. The minimum Gasteiger partial charge on any atom is -0.490 e. The van der Waals surface area contributed by atoms with Crippen molar-refractivity contribution in [2.75, 3.05) is 13.2 Å². The van der Waals surface area contributed by atoms with Gasteiger partial charge >= 0.3 is 0 Å². The van der Waals surface area contributed by atoms with E-state index in [1.165, 1.54) is 11.6 Å². The predicted octanol–water partition coefficient (Wildman–Crippen LogP) is 4.46. The third-order valence-corrected chi connectivity index (χ3v) is 6.10. The van der Waals surface area contributed by atoms with E-state index in [4.69, 9.17) is 4.74 Å². The summed E-state index contributed by atoms with van der Waals surface area (Å²) in [5.74, 6) is -0.179. The number of benzene rings is 1. The normalized spacial score (nSPS) is 26.7. The van der Waals surface area contributed by atoms with Gasteiger partial charge in [-0.15, -0.1) is 0 Å². The highest BCUT2D eigenvalue weighted by Crippen LogP contribution is 2.48. The third kappa shape index (κ3) is 2.01. The topological polar surface area (TPSA) is 12.5 Å². The first-order valence-corrected chi connectivity index (χ1v) is 8.75. The molecule has 0 bridgehead atoms. The van der Waals surface area contributed by atoms with Crippen LogP contribution in [0.4, 0.5) is 8.78 Å². The molecule has 0 amide bonds. The zero-order valence-electron chi connectivity index (χ0n) is 12.2. The lowest BCUT2D eigenvalue weighted by molar-refractivity contribution is 0.118. The van der Waals surface area contributed by atoms with E-state index in [9.17, 15) is 8.78 Å². The minimum absolute atomic E-state index is 0.0445. The number of fused-ring (bicyclic) bond motifs is 1. The highest BCUT2D eigenvalue weighted by atomic mass is 127. The maximum atomic E-state index is 14.4. The van der Waals surface area contributed by atoms with Crippen molar-refractivity contribution in [3.05, 3.63) is 58.0 Å². The number of nitrogens with zero attached hydrogens (tertiary/aromatic N) is 1. The predicted molar refractivity (Wildman–Crippen MR) is 88.4 cm³/mol. The van der Waals surface area contributed by atoms with E-state index in [0.29, 0.717) is 31.2 Å². The van der Waals surface area contributed by atoms with Gasteiger partial charge in [0.25, 0.3) is 0 Å². The van der Waals surface area contributed by atoms with Crippen LogP contribution in [0.25, 0.3) is 0 Å². The van der Waals surface area contributed by atoms with Crippen LogP contribution in [0, 0.1) is 17.6 Å². The number of rotatable bonds is 0. The lowest BCUT2D eigenvalue weighted by Gasteiger charge is -2.38. The minimum atomic E-state index is -0.765. The van der Waals surface area contributed by atoms with Gasteiger partial charge in [0.15, 0.2) is 11.6 Å². The van der Waals surface area contributed by atoms with Crippen LogP contribution in [-0.4, -0.2) is 18.1 Å². The van der Waals surface area contributed by atoms with E-state index in [-0.39, 0.29) is 3.92 Å². The average Bonchev–Trinajstić information content (AvgIpc) is 2.64. The summed E-state index contributed by atoms with van der Waals surface area (Å²) >= 11 is 2.36. The summed E-state index contributed by atoms with van der Waals surface area (Å²) < 4.78 is 33.9. The summed E-state index contributed by atoms with van der Waals surface area (Å²) in [4.78, 5) is 2.15. The Hall–Kier alpha value is -1.11. The molecule has 0 N–H and O–H groups in total. The van der Waals surface area contributed by atoms with Gasteiger partial charge in [0.2, 0.25) is 0 Å². The van der Waals surface area contributed by atoms with Crippen molar-refractivity contribution < 1.29 is 13.5 Å². The van der Waals surface area contributed by atoms with Crippen LogP contribution in [0.3, 0.4) is 0 Å². The summed E-state index contributed by atoms with van der Waals surface area (Å²) in [5, 5.41) is 0. The van der Waals surface area contributed by atoms with Gasteiger partial charge in [-0.3, -0.25) is 0 Å². The maximum Gasteiger partial charge on any atom is 0.164 e. The first-order valence-electron chi connectivity index (χ1n) is 7.51. The molecule has 1 aliphatic carbocycles. The van der Waals surface area contributed by atoms with Crippen LogP contribution < -0.4 is 0 Å². The van der Waals surface area contributed by atoms with Crippen molar-refractivity contribution in [1.82, 2.24) is 4.90 Å². The molecule has 2 atom stereocenters. The third-order valence-electron chi connectivity index (χ3n) is 4.76. The number of allylic oxidation sites excluding steroid dienone is 2. The number of alkyl halides is 1. The SMILES string of the molecule is CC1CC=C2OCCN3Cc4c(ccc(F)c4F)C(I)C1=C23. The lowest BCUT2D eigenvalue weighted by atomic mass is 9.85. The number of halogens is 3. The smallest absolute Gasteiger partial charge is 0.164 e. The van der Waals surface area contributed by atoms with Crippen LogP contribution in [0.2, 0.25) is 0 Å². The van der Waals surface area contributed by atoms with Crippen molar-refractivity contribution in [3.63, 3.8) is 0 Å². The van der Waals surface area contributed by atoms with Crippen LogP contribution in [-0.2, 0) is 11.3 Å². The van der Waals surface area contributed by atoms with Crippen LogP contribution in [0.5, 0.6) is 0 Å². The molecular weight excluding hydrogens is 399 g/mol. The summed E-state index contributed by atoms with van der Waals surface area (Å²) in [7, 11) is 0. The zero-order valence-corrected chi connectivity index (χ0v) is 14.4. The van der Waals surface area contributed by atoms with Crippen molar-refractivity contribution in [3.8, 4) is 0 Å². The molecule has 1 aromatic carbocycles. The fraction of sp³-hybridized carbons (Fsp3) is 0.412. The van der Waals surface area contributed by atoms with Gasteiger partial charge in [-0.25, -0.2) is 8.78 Å². The Morgan fingerprint density at radius 2 is 2.14 bits per heavy atom. The Bertz CT molecular complexity index is 713. The van der Waals surface area contributed by atoms with Gasteiger partial charge in [0.05, 0.1) is 16.2 Å². The Morgan fingerprint density at radius 1 is 1.32 bits per heavy atom. The molecule has 5 heteroatoms. The highest BCUT2D eigenvalue weighted by Gasteiger charge is 2.37. The molecule has 2 unspecified atom stereocenters. The molecule has 2 nitrogen and oxygen atoms in total. The summed E-state index contributed by atoms with van der Waals surface area (Å²) in [6, 6.07) is 2.98. The second kappa shape index (κ2) is 5.22. The molecule has 0 radical (unpaired) electrons. The van der Waals surface area contributed by atoms with Crippen molar-refractivity contribution in [1.29, 1.82) is 0 Å². The molecule has 2 heterocycles. The van der Waals surface area contributed by atoms with E-state index in [1.54, 1.807) is 6.07 Å². The van der Waals surface area contributed by atoms with Crippen molar-refractivity contribution in [2.24, 2.45) is 5.92 Å². The number of ether oxygens (including phenoxy) is 1. The fourth-order valence-electron chi connectivity index (χ4n) is 3.62. The van der Waals surface area contributed by atoms with Crippen molar-refractivity contribution >= 4 is 22.6 Å². The van der Waals surface area contributed by atoms with Crippen molar-refractivity contribution in [2.45, 2.75) is 23.8 Å². The summed E-state index contributed by atoms with van der Waals surface area (Å²) in [6.07, 6.45) is 3.06. The van der Waals surface area contributed by atoms with E-state index in [0.717, 1.165) is 23.4 Å². The van der Waals surface area contributed by atoms with E-state index in [1.807, 2.05) is 0 Å². The Kier molecular flexibility index (Phi) is 3.43. The van der Waals surface area contributed by atoms with Crippen LogP contribution >= 0.6 is 22.6 Å². The first-order chi connectivity index (χ1) is 10.6. The molecule has 0 spiro atoms. The summed E-state index contributed by atoms with van der Waals surface area (Å²) in [6.45, 7) is 3.90. The lowest BCUT2D eigenvalue weighted by Crippen LogP contribution is -2.35. The van der Waals surface area contributed by atoms with Crippen LogP contribution in [0.1, 0.15) is 28.4 Å². The first kappa shape index (κ1) is 14.5. The van der Waals surface area contributed by atoms with Gasteiger partial charge in [-0.05, 0) is 35.6 Å². The van der Waals surface area contributed by atoms with E-state index in [2.05, 4.69) is 40.5 Å². The average molecular weight is 415 g/mol. The molecule has 0 aromatic heterocycles. The molecule has 1 saturated heterocycles. The monoisotopic (exact) mass is 415 g/mol. The van der Waals surface area contributed by atoms with E-state index < -0.39 is 11.6 Å². The fourth-order valence-corrected chi connectivity index (χ4v) is 5.11. The molecule has 0 saturated carbocycles. The Labute approximate surface area is 142 Å². The number of hydrogen-bond donors (Lipinski definition) is 0. The number of hydrogen-bond acceptors (Lipinski definition) is 2. The molecule has 1 aromatic rings. The van der Waals surface area contributed by atoms with Gasteiger partial charge in [-0.2, -0.15) is 0 Å². The largest absolute Gasteiger partial charge is 0.490 e. The molecule has 22 heavy (non-hydrogen) atoms. The van der Waals surface area contributed by atoms with Gasteiger partial charge < -0.3 is 9.64 Å². The van der Waals surface area contributed by atoms with E-state index >= 15 is 0 Å². The second-order valence-electron chi connectivity index (χ2n) is 6.07. The highest BCUT2D eigenvalue weighted by molar-refractivity contribution is 14.1. The molecule has 116 valence electrons. The Morgan fingerprint density at radius 3 is 2.95 bits per heavy atom. The molecule has 1 fully saturated rings. The van der Waals surface area contributed by atoms with Gasteiger partial charge in [0, 0.05) is 12.1 Å².